The molecule has 1 rings (SSSR count). The molecule has 0 bridgehead atoms. The zero-order chi connectivity index (χ0) is 12.2. The zero-order valence-corrected chi connectivity index (χ0v) is 10.4. The third-order valence-electron chi connectivity index (χ3n) is 2.20. The van der Waals surface area contributed by atoms with Gasteiger partial charge in [0.15, 0.2) is 0 Å². The minimum atomic E-state index is -4.27. The summed E-state index contributed by atoms with van der Waals surface area (Å²) in [5, 5.41) is 11.1. The standard InChI is InChI=1S/C7H14O7P2/c1-6(7-2-3-7)4-5-12-16(11,14-13-8)15(9)10/h7-8,15H,1-5H2,(H,9,10). The third kappa shape index (κ3) is 4.11. The minimum absolute atomic E-state index is 0.0626. The van der Waals surface area contributed by atoms with E-state index in [4.69, 9.17) is 10.2 Å². The van der Waals surface area contributed by atoms with Crippen LogP contribution in [-0.4, -0.2) is 16.8 Å². The summed E-state index contributed by atoms with van der Waals surface area (Å²) in [4.78, 5) is 8.71. The lowest BCUT2D eigenvalue weighted by Gasteiger charge is -2.12. The number of hydrogen-bond donors (Lipinski definition) is 2. The topological polar surface area (TPSA) is 102 Å². The summed E-state index contributed by atoms with van der Waals surface area (Å²) in [6.07, 6.45) is 2.60. The molecule has 0 radical (unpaired) electrons. The van der Waals surface area contributed by atoms with E-state index >= 15 is 0 Å². The fourth-order valence-electron chi connectivity index (χ4n) is 1.15. The minimum Gasteiger partial charge on any atom is -0.338 e. The van der Waals surface area contributed by atoms with E-state index in [1.165, 1.54) is 0 Å². The molecule has 0 aromatic rings. The normalized spacial score (nSPS) is 21.4. The predicted molar refractivity (Wildman–Crippen MR) is 56.1 cm³/mol. The lowest BCUT2D eigenvalue weighted by Crippen LogP contribution is -1.97. The van der Waals surface area contributed by atoms with E-state index in [2.05, 4.69) is 20.8 Å². The Morgan fingerprint density at radius 2 is 2.19 bits per heavy atom. The molecule has 2 atom stereocenters. The van der Waals surface area contributed by atoms with Crippen LogP contribution in [0.5, 0.6) is 0 Å². The Bertz CT molecular complexity index is 325. The molecular weight excluding hydrogens is 258 g/mol. The van der Waals surface area contributed by atoms with Crippen molar-refractivity contribution in [2.24, 2.45) is 5.92 Å². The van der Waals surface area contributed by atoms with Crippen LogP contribution in [0.1, 0.15) is 19.3 Å². The lowest BCUT2D eigenvalue weighted by molar-refractivity contribution is -0.441. The van der Waals surface area contributed by atoms with E-state index in [0.717, 1.165) is 18.4 Å². The van der Waals surface area contributed by atoms with Gasteiger partial charge in [-0.05, 0) is 25.2 Å². The van der Waals surface area contributed by atoms with Gasteiger partial charge in [0.25, 0.3) is 0 Å². The summed E-state index contributed by atoms with van der Waals surface area (Å²) in [5.41, 5.74) is 0.953. The average Bonchev–Trinajstić information content (AvgIpc) is 3.00. The Kier molecular flexibility index (Phi) is 5.34. The quantitative estimate of drug-likeness (QED) is 0.302. The maximum Gasteiger partial charge on any atom is 0.438 e. The molecule has 0 amide bonds. The van der Waals surface area contributed by atoms with Gasteiger partial charge in [-0.25, -0.2) is 9.82 Å². The van der Waals surface area contributed by atoms with Crippen molar-refractivity contribution in [1.82, 2.24) is 0 Å². The first-order valence-electron chi connectivity index (χ1n) is 4.65. The first kappa shape index (κ1) is 14.1. The van der Waals surface area contributed by atoms with E-state index < -0.39 is 15.0 Å². The van der Waals surface area contributed by atoms with Crippen molar-refractivity contribution < 1.29 is 33.5 Å². The Labute approximate surface area is 93.2 Å². The fourth-order valence-corrected chi connectivity index (χ4v) is 2.68. The number of rotatable bonds is 8. The van der Waals surface area contributed by atoms with Crippen LogP contribution >= 0.6 is 15.0 Å². The maximum absolute atomic E-state index is 11.4. The molecule has 0 spiro atoms. The second-order valence-electron chi connectivity index (χ2n) is 3.44. The van der Waals surface area contributed by atoms with Crippen LogP contribution in [0.2, 0.25) is 0 Å². The van der Waals surface area contributed by atoms with Crippen LogP contribution in [0.25, 0.3) is 0 Å². The van der Waals surface area contributed by atoms with Crippen molar-refractivity contribution >= 4 is 15.0 Å². The first-order chi connectivity index (χ1) is 7.49. The molecule has 0 aromatic carbocycles. The molecule has 16 heavy (non-hydrogen) atoms. The van der Waals surface area contributed by atoms with E-state index in [0.29, 0.717) is 12.3 Å². The molecule has 1 aliphatic carbocycles. The summed E-state index contributed by atoms with van der Waals surface area (Å²) in [6.45, 7) is 3.74. The van der Waals surface area contributed by atoms with Crippen molar-refractivity contribution in [1.29, 1.82) is 0 Å². The second kappa shape index (κ2) is 6.07. The molecular formula is C7H14O7P2. The molecule has 1 saturated carbocycles. The molecule has 0 saturated heterocycles. The van der Waals surface area contributed by atoms with E-state index in [9.17, 15) is 9.13 Å². The summed E-state index contributed by atoms with van der Waals surface area (Å²) in [6, 6.07) is 0. The molecule has 0 aromatic heterocycles. The monoisotopic (exact) mass is 272 g/mol. The molecule has 0 aliphatic heterocycles. The van der Waals surface area contributed by atoms with Gasteiger partial charge in [-0.2, -0.15) is 0 Å². The van der Waals surface area contributed by atoms with Crippen molar-refractivity contribution in [3.63, 3.8) is 0 Å². The third-order valence-corrected chi connectivity index (χ3v) is 5.48. The van der Waals surface area contributed by atoms with E-state index in [1.54, 1.807) is 0 Å². The van der Waals surface area contributed by atoms with Gasteiger partial charge in [0.1, 0.15) is 0 Å². The summed E-state index contributed by atoms with van der Waals surface area (Å²) < 4.78 is 30.5. The predicted octanol–water partition coefficient (Wildman–Crippen LogP) is 2.36. The van der Waals surface area contributed by atoms with E-state index in [-0.39, 0.29) is 6.61 Å². The molecule has 1 aliphatic rings. The van der Waals surface area contributed by atoms with Gasteiger partial charge < -0.3 is 9.42 Å². The Morgan fingerprint density at radius 1 is 1.56 bits per heavy atom. The summed E-state index contributed by atoms with van der Waals surface area (Å²) in [5.74, 6) is 0.476. The second-order valence-corrected chi connectivity index (χ2v) is 8.20. The molecule has 94 valence electrons. The molecule has 0 heterocycles. The van der Waals surface area contributed by atoms with Gasteiger partial charge in [0.2, 0.25) is 0 Å². The highest BCUT2D eigenvalue weighted by molar-refractivity contribution is 8.20. The Hall–Kier alpha value is -0.0000000000000000486. The van der Waals surface area contributed by atoms with Gasteiger partial charge in [-0.3, -0.25) is 4.57 Å². The highest BCUT2D eigenvalue weighted by atomic mass is 32.1. The van der Waals surface area contributed by atoms with Crippen molar-refractivity contribution in [2.75, 3.05) is 6.61 Å². The molecule has 1 fully saturated rings. The van der Waals surface area contributed by atoms with Crippen LogP contribution in [0, 0.1) is 5.92 Å². The SMILES string of the molecule is C=C(CCOP(=O)(OOO)[PH](=O)O)C1CC1. The van der Waals surface area contributed by atoms with Crippen molar-refractivity contribution in [3.8, 4) is 0 Å². The molecule has 2 N–H and O–H groups in total. The van der Waals surface area contributed by atoms with Crippen LogP contribution in [-0.2, 0) is 23.4 Å². The van der Waals surface area contributed by atoms with Gasteiger partial charge >= 0.3 is 15.0 Å². The fraction of sp³-hybridized carbons (Fsp3) is 0.714. The first-order valence-corrected chi connectivity index (χ1v) is 8.39. The van der Waals surface area contributed by atoms with Crippen molar-refractivity contribution in [3.05, 3.63) is 12.2 Å². The Balaban J connectivity index is 2.34. The van der Waals surface area contributed by atoms with Crippen LogP contribution in [0.4, 0.5) is 0 Å². The molecule has 9 heteroatoms. The highest BCUT2D eigenvalue weighted by Gasteiger charge is 2.34. The largest absolute Gasteiger partial charge is 0.438 e. The van der Waals surface area contributed by atoms with Gasteiger partial charge in [0, 0.05) is 0 Å². The van der Waals surface area contributed by atoms with Crippen LogP contribution < -0.4 is 0 Å². The van der Waals surface area contributed by atoms with Crippen LogP contribution in [0.3, 0.4) is 0 Å². The number of hydrogen-bond acceptors (Lipinski definition) is 6. The van der Waals surface area contributed by atoms with E-state index in [1.807, 2.05) is 0 Å². The summed E-state index contributed by atoms with van der Waals surface area (Å²) in [7, 11) is -7.86. The van der Waals surface area contributed by atoms with Crippen molar-refractivity contribution in [2.45, 2.75) is 19.3 Å². The lowest BCUT2D eigenvalue weighted by atomic mass is 10.1. The maximum atomic E-state index is 11.4. The zero-order valence-electron chi connectivity index (χ0n) is 8.50. The van der Waals surface area contributed by atoms with Gasteiger partial charge in [-0.1, -0.05) is 17.2 Å². The molecule has 7 nitrogen and oxygen atoms in total. The van der Waals surface area contributed by atoms with Gasteiger partial charge in [-0.15, -0.1) is 4.67 Å². The summed E-state index contributed by atoms with van der Waals surface area (Å²) >= 11 is 0. The smallest absolute Gasteiger partial charge is 0.338 e. The highest BCUT2D eigenvalue weighted by Crippen LogP contribution is 2.68. The molecule has 2 unspecified atom stereocenters. The van der Waals surface area contributed by atoms with Crippen LogP contribution in [0.15, 0.2) is 12.2 Å². The Morgan fingerprint density at radius 3 is 2.62 bits per heavy atom. The average molecular weight is 272 g/mol. The van der Waals surface area contributed by atoms with Gasteiger partial charge in [0.05, 0.1) is 6.61 Å².